The van der Waals surface area contributed by atoms with Crippen LogP contribution in [0.3, 0.4) is 0 Å². The number of fused-ring (bicyclic) bond motifs is 2. The van der Waals surface area contributed by atoms with E-state index in [4.69, 9.17) is 9.47 Å². The summed E-state index contributed by atoms with van der Waals surface area (Å²) in [6.45, 7) is 1.85. The molecule has 6 nitrogen and oxygen atoms in total. The second kappa shape index (κ2) is 9.87. The van der Waals surface area contributed by atoms with Crippen LogP contribution in [0.1, 0.15) is 47.3 Å². The van der Waals surface area contributed by atoms with Gasteiger partial charge in [0.25, 0.3) is 0 Å². The van der Waals surface area contributed by atoms with Gasteiger partial charge in [-0.25, -0.2) is 0 Å². The fourth-order valence-electron chi connectivity index (χ4n) is 3.91. The van der Waals surface area contributed by atoms with Crippen LogP contribution in [0.5, 0.6) is 0 Å². The molecule has 0 fully saturated rings. The molecule has 4 rings (SSSR count). The van der Waals surface area contributed by atoms with Crippen molar-refractivity contribution in [1.29, 1.82) is 0 Å². The van der Waals surface area contributed by atoms with E-state index < -0.39 is 0 Å². The summed E-state index contributed by atoms with van der Waals surface area (Å²) in [4.78, 5) is 23.8. The first-order chi connectivity index (χ1) is 14.7. The molecule has 2 N–H and O–H groups in total. The summed E-state index contributed by atoms with van der Waals surface area (Å²) in [5.74, 6) is -0.268. The highest BCUT2D eigenvalue weighted by Gasteiger charge is 2.26. The van der Waals surface area contributed by atoms with Crippen LogP contribution in [-0.4, -0.2) is 38.1 Å². The molecule has 2 aromatic rings. The van der Waals surface area contributed by atoms with E-state index in [9.17, 15) is 9.59 Å². The van der Waals surface area contributed by atoms with E-state index in [2.05, 4.69) is 34.9 Å². The van der Waals surface area contributed by atoms with E-state index in [0.29, 0.717) is 26.3 Å². The van der Waals surface area contributed by atoms with Crippen LogP contribution < -0.4 is 10.6 Å². The van der Waals surface area contributed by atoms with Crippen molar-refractivity contribution in [3.05, 3.63) is 70.8 Å². The summed E-state index contributed by atoms with van der Waals surface area (Å²) in [6, 6.07) is 16.5. The SMILES string of the molecule is O=C(CCC(=O)NCCOC1Cc2ccccc21)NCCOC1Cc2ccccc21. The lowest BCUT2D eigenvalue weighted by atomic mass is 9.85. The molecule has 158 valence electrons. The number of amides is 2. The van der Waals surface area contributed by atoms with E-state index in [1.165, 1.54) is 22.3 Å². The fourth-order valence-corrected chi connectivity index (χ4v) is 3.91. The third-order valence-corrected chi connectivity index (χ3v) is 5.68. The quantitative estimate of drug-likeness (QED) is 0.561. The van der Waals surface area contributed by atoms with Gasteiger partial charge in [-0.1, -0.05) is 48.5 Å². The minimum atomic E-state index is -0.134. The molecule has 2 aliphatic carbocycles. The number of ether oxygens (including phenoxy) is 2. The molecule has 30 heavy (non-hydrogen) atoms. The first-order valence-corrected chi connectivity index (χ1v) is 10.6. The molecule has 0 saturated carbocycles. The topological polar surface area (TPSA) is 76.7 Å². The van der Waals surface area contributed by atoms with Gasteiger partial charge in [0.2, 0.25) is 11.8 Å². The number of rotatable bonds is 11. The molecule has 2 unspecified atom stereocenters. The second-order valence-corrected chi connectivity index (χ2v) is 7.72. The van der Waals surface area contributed by atoms with Gasteiger partial charge in [0.1, 0.15) is 0 Å². The first kappa shape index (κ1) is 20.6. The zero-order chi connectivity index (χ0) is 20.8. The van der Waals surface area contributed by atoms with Gasteiger partial charge in [-0.15, -0.1) is 0 Å². The van der Waals surface area contributed by atoms with Crippen molar-refractivity contribution in [3.63, 3.8) is 0 Å². The maximum atomic E-state index is 11.9. The summed E-state index contributed by atoms with van der Waals surface area (Å²) in [5, 5.41) is 5.61. The Balaban J connectivity index is 1.00. The predicted octanol–water partition coefficient (Wildman–Crippen LogP) is 2.63. The zero-order valence-electron chi connectivity index (χ0n) is 17.1. The molecule has 0 bridgehead atoms. The van der Waals surface area contributed by atoms with Crippen molar-refractivity contribution >= 4 is 11.8 Å². The van der Waals surface area contributed by atoms with Crippen LogP contribution in [0, 0.1) is 0 Å². The Kier molecular flexibility index (Phi) is 6.77. The van der Waals surface area contributed by atoms with Gasteiger partial charge in [-0.3, -0.25) is 9.59 Å². The lowest BCUT2D eigenvalue weighted by Gasteiger charge is -2.30. The highest BCUT2D eigenvalue weighted by atomic mass is 16.5. The molecule has 2 atom stereocenters. The summed E-state index contributed by atoms with van der Waals surface area (Å²) in [5.41, 5.74) is 5.15. The second-order valence-electron chi connectivity index (χ2n) is 7.72. The van der Waals surface area contributed by atoms with Crippen molar-refractivity contribution in [2.24, 2.45) is 0 Å². The number of hydrogen-bond acceptors (Lipinski definition) is 4. The molecule has 0 saturated heterocycles. The molecule has 0 aromatic heterocycles. The van der Waals surface area contributed by atoms with E-state index in [0.717, 1.165) is 12.8 Å². The van der Waals surface area contributed by atoms with E-state index in [1.54, 1.807) is 0 Å². The number of hydrogen-bond donors (Lipinski definition) is 2. The average Bonchev–Trinajstić information content (AvgIpc) is 2.72. The minimum Gasteiger partial charge on any atom is -0.371 e. The maximum Gasteiger partial charge on any atom is 0.220 e. The number of nitrogens with one attached hydrogen (secondary N) is 2. The van der Waals surface area contributed by atoms with E-state index in [-0.39, 0.29) is 36.9 Å². The largest absolute Gasteiger partial charge is 0.371 e. The summed E-state index contributed by atoms with van der Waals surface area (Å²) in [7, 11) is 0. The van der Waals surface area contributed by atoms with Gasteiger partial charge in [0.05, 0.1) is 25.4 Å². The third kappa shape index (κ3) is 5.07. The third-order valence-electron chi connectivity index (χ3n) is 5.68. The average molecular weight is 408 g/mol. The van der Waals surface area contributed by atoms with Crippen LogP contribution in [0.4, 0.5) is 0 Å². The lowest BCUT2D eigenvalue weighted by Crippen LogP contribution is -2.32. The van der Waals surface area contributed by atoms with Gasteiger partial charge >= 0.3 is 0 Å². The van der Waals surface area contributed by atoms with Crippen LogP contribution in [0.25, 0.3) is 0 Å². The van der Waals surface area contributed by atoms with Crippen molar-refractivity contribution in [3.8, 4) is 0 Å². The normalized spacial score (nSPS) is 18.4. The fraction of sp³-hybridized carbons (Fsp3) is 0.417. The van der Waals surface area contributed by atoms with Crippen molar-refractivity contribution < 1.29 is 19.1 Å². The van der Waals surface area contributed by atoms with Crippen LogP contribution in [0.2, 0.25) is 0 Å². The van der Waals surface area contributed by atoms with Gasteiger partial charge in [0.15, 0.2) is 0 Å². The molecule has 2 aliphatic rings. The maximum absolute atomic E-state index is 11.9. The monoisotopic (exact) mass is 408 g/mol. The first-order valence-electron chi connectivity index (χ1n) is 10.6. The Morgan fingerprint density at radius 3 is 1.60 bits per heavy atom. The zero-order valence-corrected chi connectivity index (χ0v) is 17.1. The number of benzene rings is 2. The number of carbonyl (C=O) groups is 2. The molecule has 6 heteroatoms. The molecule has 2 amide bonds. The molecule has 0 heterocycles. The van der Waals surface area contributed by atoms with Crippen LogP contribution >= 0.6 is 0 Å². The highest BCUT2D eigenvalue weighted by molar-refractivity contribution is 5.83. The molecular formula is C24H28N2O4. The Labute approximate surface area is 177 Å². The minimum absolute atomic E-state index is 0.134. The van der Waals surface area contributed by atoms with Crippen molar-refractivity contribution in [2.75, 3.05) is 26.3 Å². The summed E-state index contributed by atoms with van der Waals surface area (Å²) >= 11 is 0. The van der Waals surface area contributed by atoms with Crippen molar-refractivity contribution in [2.45, 2.75) is 37.9 Å². The Morgan fingerprint density at radius 2 is 1.17 bits per heavy atom. The van der Waals surface area contributed by atoms with Gasteiger partial charge < -0.3 is 20.1 Å². The van der Waals surface area contributed by atoms with Gasteiger partial charge in [0, 0.05) is 38.8 Å². The Morgan fingerprint density at radius 1 is 0.733 bits per heavy atom. The highest BCUT2D eigenvalue weighted by Crippen LogP contribution is 2.36. The smallest absolute Gasteiger partial charge is 0.220 e. The molecule has 0 radical (unpaired) electrons. The van der Waals surface area contributed by atoms with Crippen LogP contribution in [0.15, 0.2) is 48.5 Å². The molecule has 2 aromatic carbocycles. The Bertz CT molecular complexity index is 825. The standard InChI is InChI=1S/C24H28N2O4/c27-23(25-11-13-29-21-15-17-5-1-3-7-19(17)21)9-10-24(28)26-12-14-30-22-16-18-6-2-4-8-20(18)22/h1-8,21-22H,9-16H2,(H,25,27)(H,26,28). The molecule has 0 spiro atoms. The van der Waals surface area contributed by atoms with Gasteiger partial charge in [-0.05, 0) is 22.3 Å². The lowest BCUT2D eigenvalue weighted by molar-refractivity contribution is -0.126. The molecular weight excluding hydrogens is 380 g/mol. The predicted molar refractivity (Wildman–Crippen MR) is 113 cm³/mol. The van der Waals surface area contributed by atoms with Crippen LogP contribution in [-0.2, 0) is 31.9 Å². The Hall–Kier alpha value is -2.70. The van der Waals surface area contributed by atoms with Gasteiger partial charge in [-0.2, -0.15) is 0 Å². The van der Waals surface area contributed by atoms with E-state index in [1.807, 2.05) is 24.3 Å². The number of carbonyl (C=O) groups excluding carboxylic acids is 2. The summed E-state index contributed by atoms with van der Waals surface area (Å²) in [6.07, 6.45) is 2.49. The van der Waals surface area contributed by atoms with Crippen molar-refractivity contribution in [1.82, 2.24) is 10.6 Å². The molecule has 0 aliphatic heterocycles. The van der Waals surface area contributed by atoms with E-state index >= 15 is 0 Å². The summed E-state index contributed by atoms with van der Waals surface area (Å²) < 4.78 is 11.6.